The van der Waals surface area contributed by atoms with E-state index in [0.717, 1.165) is 52.8 Å². The van der Waals surface area contributed by atoms with Crippen LogP contribution in [0.2, 0.25) is 0 Å². The summed E-state index contributed by atoms with van der Waals surface area (Å²) in [6.45, 7) is 3.26. The molecule has 27 heavy (non-hydrogen) atoms. The maximum Gasteiger partial charge on any atom is 0.120 e. The molecule has 1 aliphatic heterocycles. The number of carbonyl (C=O) groups excluding carboxylic acids is 1. The third-order valence-electron chi connectivity index (χ3n) is 4.51. The fraction of sp³-hybridized carbons (Fsp3) is 0.238. The quantitative estimate of drug-likeness (QED) is 0.682. The van der Waals surface area contributed by atoms with Gasteiger partial charge in [0, 0.05) is 31.2 Å². The Bertz CT molecular complexity index is 940. The minimum Gasteiger partial charge on any atom is -0.550 e. The number of thiazole rings is 1. The average molecular weight is 379 g/mol. The van der Waals surface area contributed by atoms with Gasteiger partial charge in [-0.15, -0.1) is 11.3 Å². The third-order valence-corrected chi connectivity index (χ3v) is 5.63. The molecule has 2 aromatic carbocycles. The number of anilines is 1. The van der Waals surface area contributed by atoms with Crippen molar-refractivity contribution in [2.24, 2.45) is 0 Å². The number of benzene rings is 2. The molecule has 1 fully saturated rings. The van der Waals surface area contributed by atoms with Gasteiger partial charge in [-0.05, 0) is 41.5 Å². The van der Waals surface area contributed by atoms with E-state index in [1.54, 1.807) is 0 Å². The molecule has 3 aromatic rings. The Hall–Kier alpha value is -2.70. The molecule has 0 unspecified atom stereocenters. The Labute approximate surface area is 161 Å². The Morgan fingerprint density at radius 2 is 1.89 bits per heavy atom. The van der Waals surface area contributed by atoms with Crippen LogP contribution < -0.4 is 10.0 Å². The first-order chi connectivity index (χ1) is 13.2. The van der Waals surface area contributed by atoms with E-state index in [0.29, 0.717) is 5.57 Å². The average Bonchev–Trinajstić information content (AvgIpc) is 3.13. The first kappa shape index (κ1) is 17.7. The fourth-order valence-electron chi connectivity index (χ4n) is 3.16. The number of aromatic nitrogens is 1. The van der Waals surface area contributed by atoms with E-state index < -0.39 is 5.97 Å². The molecule has 0 spiro atoms. The standard InChI is InChI=1S/C21H20N2O3S/c24-20(25)14-16(21-22-18-3-1-2-4-19(18)27-21)13-15-5-7-17(8-6-15)23-9-11-26-12-10-23/h1-8,13H,9-12,14H2,(H,24,25)/p-1/b16-13+. The predicted molar refractivity (Wildman–Crippen MR) is 107 cm³/mol. The molecule has 0 amide bonds. The van der Waals surface area contributed by atoms with Gasteiger partial charge in [-0.2, -0.15) is 0 Å². The molecular weight excluding hydrogens is 360 g/mol. The maximum atomic E-state index is 11.3. The number of para-hydroxylation sites is 1. The van der Waals surface area contributed by atoms with Crippen molar-refractivity contribution in [3.05, 3.63) is 59.1 Å². The topological polar surface area (TPSA) is 65.5 Å². The van der Waals surface area contributed by atoms with Gasteiger partial charge in [-0.25, -0.2) is 4.98 Å². The second-order valence-corrected chi connectivity index (χ2v) is 7.43. The van der Waals surface area contributed by atoms with Gasteiger partial charge < -0.3 is 19.5 Å². The van der Waals surface area contributed by atoms with Crippen molar-refractivity contribution in [1.29, 1.82) is 0 Å². The number of ether oxygens (including phenoxy) is 1. The van der Waals surface area contributed by atoms with Gasteiger partial charge in [-0.1, -0.05) is 24.3 Å². The van der Waals surface area contributed by atoms with Crippen molar-refractivity contribution in [3.63, 3.8) is 0 Å². The number of morpholine rings is 1. The van der Waals surface area contributed by atoms with Crippen LogP contribution >= 0.6 is 11.3 Å². The lowest BCUT2D eigenvalue weighted by molar-refractivity contribution is -0.304. The fourth-order valence-corrected chi connectivity index (χ4v) is 4.14. The molecule has 1 saturated heterocycles. The number of hydrogen-bond donors (Lipinski definition) is 0. The number of rotatable bonds is 5. The summed E-state index contributed by atoms with van der Waals surface area (Å²) in [6, 6.07) is 15.9. The van der Waals surface area contributed by atoms with Gasteiger partial charge in [0.05, 0.1) is 23.4 Å². The molecule has 0 aliphatic carbocycles. The molecule has 1 aromatic heterocycles. The Morgan fingerprint density at radius 3 is 2.59 bits per heavy atom. The van der Waals surface area contributed by atoms with E-state index in [9.17, 15) is 9.90 Å². The predicted octanol–water partition coefficient (Wildman–Crippen LogP) is 2.81. The number of hydrogen-bond acceptors (Lipinski definition) is 6. The van der Waals surface area contributed by atoms with Crippen LogP contribution in [0, 0.1) is 0 Å². The van der Waals surface area contributed by atoms with Crippen molar-refractivity contribution >= 4 is 44.9 Å². The Balaban J connectivity index is 1.63. The Morgan fingerprint density at radius 1 is 1.15 bits per heavy atom. The molecule has 0 radical (unpaired) electrons. The van der Waals surface area contributed by atoms with E-state index in [4.69, 9.17) is 4.74 Å². The van der Waals surface area contributed by atoms with Gasteiger partial charge in [0.25, 0.3) is 0 Å². The first-order valence-corrected chi connectivity index (χ1v) is 9.70. The number of carbonyl (C=O) groups is 1. The summed E-state index contributed by atoms with van der Waals surface area (Å²) in [7, 11) is 0. The molecule has 0 saturated carbocycles. The summed E-state index contributed by atoms with van der Waals surface area (Å²) in [5.41, 5.74) is 3.64. The number of carboxylic acid groups (broad SMARTS) is 1. The number of carboxylic acids is 1. The van der Waals surface area contributed by atoms with Crippen LogP contribution in [0.15, 0.2) is 48.5 Å². The van der Waals surface area contributed by atoms with Gasteiger partial charge in [0.1, 0.15) is 5.01 Å². The summed E-state index contributed by atoms with van der Waals surface area (Å²) >= 11 is 1.50. The highest BCUT2D eigenvalue weighted by molar-refractivity contribution is 7.19. The molecule has 4 rings (SSSR count). The van der Waals surface area contributed by atoms with Crippen LogP contribution in [0.1, 0.15) is 17.0 Å². The number of aliphatic carboxylic acids is 1. The Kier molecular flexibility index (Phi) is 5.18. The van der Waals surface area contributed by atoms with Gasteiger partial charge >= 0.3 is 0 Å². The summed E-state index contributed by atoms with van der Waals surface area (Å²) in [5, 5.41) is 12.0. The summed E-state index contributed by atoms with van der Waals surface area (Å²) in [5.74, 6) is -1.11. The summed E-state index contributed by atoms with van der Waals surface area (Å²) < 4.78 is 6.43. The largest absolute Gasteiger partial charge is 0.550 e. The molecule has 0 N–H and O–H groups in total. The molecule has 0 bridgehead atoms. The van der Waals surface area contributed by atoms with E-state index in [2.05, 4.69) is 22.0 Å². The van der Waals surface area contributed by atoms with Gasteiger partial charge in [0.2, 0.25) is 0 Å². The van der Waals surface area contributed by atoms with Crippen molar-refractivity contribution in [2.45, 2.75) is 6.42 Å². The van der Waals surface area contributed by atoms with E-state index in [-0.39, 0.29) is 6.42 Å². The SMILES string of the molecule is O=C([O-])C/C(=C\c1ccc(N2CCOCC2)cc1)c1nc2ccccc2s1. The van der Waals surface area contributed by atoms with Crippen LogP contribution in [0.25, 0.3) is 21.9 Å². The van der Waals surface area contributed by atoms with E-state index in [1.165, 1.54) is 11.3 Å². The van der Waals surface area contributed by atoms with Crippen molar-refractivity contribution in [1.82, 2.24) is 4.98 Å². The van der Waals surface area contributed by atoms with E-state index >= 15 is 0 Å². The molecule has 0 atom stereocenters. The van der Waals surface area contributed by atoms with Crippen LogP contribution in [0.4, 0.5) is 5.69 Å². The lowest BCUT2D eigenvalue weighted by Gasteiger charge is -2.28. The summed E-state index contributed by atoms with van der Waals surface area (Å²) in [4.78, 5) is 18.1. The highest BCUT2D eigenvalue weighted by atomic mass is 32.1. The first-order valence-electron chi connectivity index (χ1n) is 8.88. The molecule has 1 aliphatic rings. The second-order valence-electron chi connectivity index (χ2n) is 6.40. The molecule has 5 nitrogen and oxygen atoms in total. The number of fused-ring (bicyclic) bond motifs is 1. The lowest BCUT2D eigenvalue weighted by Crippen LogP contribution is -2.36. The minimum atomic E-state index is -1.11. The second kappa shape index (κ2) is 7.90. The minimum absolute atomic E-state index is 0.162. The zero-order chi connectivity index (χ0) is 18.6. The zero-order valence-electron chi connectivity index (χ0n) is 14.8. The smallest absolute Gasteiger partial charge is 0.120 e. The van der Waals surface area contributed by atoms with Crippen molar-refractivity contribution < 1.29 is 14.6 Å². The number of nitrogens with zero attached hydrogens (tertiary/aromatic N) is 2. The lowest BCUT2D eigenvalue weighted by atomic mass is 10.1. The zero-order valence-corrected chi connectivity index (χ0v) is 15.6. The maximum absolute atomic E-state index is 11.3. The summed E-state index contributed by atoms with van der Waals surface area (Å²) in [6.07, 6.45) is 1.72. The van der Waals surface area contributed by atoms with Gasteiger partial charge in [0.15, 0.2) is 0 Å². The van der Waals surface area contributed by atoms with E-state index in [1.807, 2.05) is 42.5 Å². The van der Waals surface area contributed by atoms with Crippen LogP contribution in [-0.2, 0) is 9.53 Å². The highest BCUT2D eigenvalue weighted by Gasteiger charge is 2.12. The molecule has 6 heteroatoms. The molecule has 2 heterocycles. The highest BCUT2D eigenvalue weighted by Crippen LogP contribution is 2.30. The monoisotopic (exact) mass is 379 g/mol. The normalized spacial score (nSPS) is 15.3. The van der Waals surface area contributed by atoms with Crippen LogP contribution in [-0.4, -0.2) is 37.3 Å². The van der Waals surface area contributed by atoms with Crippen molar-refractivity contribution in [2.75, 3.05) is 31.2 Å². The molecular formula is C21H19N2O3S-. The van der Waals surface area contributed by atoms with Crippen molar-refractivity contribution in [3.8, 4) is 0 Å². The molecule has 138 valence electrons. The third kappa shape index (κ3) is 4.18. The van der Waals surface area contributed by atoms with Gasteiger partial charge in [-0.3, -0.25) is 0 Å². The van der Waals surface area contributed by atoms with Crippen LogP contribution in [0.3, 0.4) is 0 Å². The van der Waals surface area contributed by atoms with Crippen LogP contribution in [0.5, 0.6) is 0 Å².